The van der Waals surface area contributed by atoms with Crippen LogP contribution >= 0.6 is 0 Å². The van der Waals surface area contributed by atoms with Crippen LogP contribution in [0.2, 0.25) is 0 Å². The van der Waals surface area contributed by atoms with Crippen molar-refractivity contribution in [3.8, 4) is 17.2 Å². The van der Waals surface area contributed by atoms with Crippen LogP contribution in [0, 0.1) is 0 Å². The summed E-state index contributed by atoms with van der Waals surface area (Å²) in [6.07, 6.45) is 0.843. The van der Waals surface area contributed by atoms with Crippen molar-refractivity contribution in [2.45, 2.75) is 25.8 Å². The van der Waals surface area contributed by atoms with Crippen LogP contribution in [0.15, 0.2) is 47.6 Å². The molecule has 2 amide bonds. The molecule has 8 nitrogen and oxygen atoms in total. The summed E-state index contributed by atoms with van der Waals surface area (Å²) in [7, 11) is 6.41. The SMILES string of the molecule is CCC(=O)N(C)CC(=O)N1N=C(c2ccc(OC)cc2OC)C[C@@H]1c1ccc(OC)cc1. The first-order chi connectivity index (χ1) is 15.4. The van der Waals surface area contributed by atoms with Gasteiger partial charge in [0, 0.05) is 31.5 Å². The summed E-state index contributed by atoms with van der Waals surface area (Å²) >= 11 is 0. The van der Waals surface area contributed by atoms with Crippen molar-refractivity contribution >= 4 is 17.5 Å². The van der Waals surface area contributed by atoms with Crippen molar-refractivity contribution in [3.05, 3.63) is 53.6 Å². The van der Waals surface area contributed by atoms with Crippen LogP contribution in [0.25, 0.3) is 0 Å². The van der Waals surface area contributed by atoms with E-state index in [2.05, 4.69) is 5.10 Å². The van der Waals surface area contributed by atoms with E-state index >= 15 is 0 Å². The van der Waals surface area contributed by atoms with Gasteiger partial charge in [0.05, 0.1) is 33.1 Å². The van der Waals surface area contributed by atoms with Crippen LogP contribution in [0.5, 0.6) is 17.2 Å². The van der Waals surface area contributed by atoms with Gasteiger partial charge >= 0.3 is 0 Å². The molecule has 1 aliphatic heterocycles. The Morgan fingerprint density at radius 2 is 1.69 bits per heavy atom. The summed E-state index contributed by atoms with van der Waals surface area (Å²) in [5, 5.41) is 6.14. The fraction of sp³-hybridized carbons (Fsp3) is 0.375. The average molecular weight is 440 g/mol. The van der Waals surface area contributed by atoms with Gasteiger partial charge in [-0.2, -0.15) is 5.10 Å². The molecule has 1 aliphatic rings. The zero-order valence-electron chi connectivity index (χ0n) is 19.1. The highest BCUT2D eigenvalue weighted by atomic mass is 16.5. The number of methoxy groups -OCH3 is 3. The minimum Gasteiger partial charge on any atom is -0.497 e. The molecule has 2 aromatic carbocycles. The van der Waals surface area contributed by atoms with E-state index in [4.69, 9.17) is 14.2 Å². The van der Waals surface area contributed by atoms with Gasteiger partial charge in [-0.1, -0.05) is 19.1 Å². The molecule has 0 bridgehead atoms. The quantitative estimate of drug-likeness (QED) is 0.631. The molecule has 1 atom stereocenters. The Labute approximate surface area is 188 Å². The highest BCUT2D eigenvalue weighted by molar-refractivity contribution is 6.05. The maximum absolute atomic E-state index is 13.2. The Morgan fingerprint density at radius 1 is 1.03 bits per heavy atom. The van der Waals surface area contributed by atoms with Crippen molar-refractivity contribution in [1.29, 1.82) is 0 Å². The Kier molecular flexibility index (Phi) is 7.35. The van der Waals surface area contributed by atoms with E-state index < -0.39 is 0 Å². The first-order valence-corrected chi connectivity index (χ1v) is 10.4. The topological polar surface area (TPSA) is 80.7 Å². The van der Waals surface area contributed by atoms with Gasteiger partial charge in [-0.05, 0) is 29.8 Å². The van der Waals surface area contributed by atoms with Crippen molar-refractivity contribution in [2.24, 2.45) is 5.10 Å². The lowest BCUT2D eigenvalue weighted by Gasteiger charge is -2.25. The van der Waals surface area contributed by atoms with Crippen molar-refractivity contribution < 1.29 is 23.8 Å². The Balaban J connectivity index is 1.96. The van der Waals surface area contributed by atoms with E-state index in [1.54, 1.807) is 41.4 Å². The van der Waals surface area contributed by atoms with Crippen LogP contribution in [-0.2, 0) is 9.59 Å². The van der Waals surface area contributed by atoms with Gasteiger partial charge in [0.2, 0.25) is 5.91 Å². The Hall–Kier alpha value is -3.55. The molecule has 0 saturated carbocycles. The van der Waals surface area contributed by atoms with E-state index in [0.717, 1.165) is 22.6 Å². The van der Waals surface area contributed by atoms with Gasteiger partial charge in [0.25, 0.3) is 5.91 Å². The van der Waals surface area contributed by atoms with Gasteiger partial charge in [-0.15, -0.1) is 0 Å². The van der Waals surface area contributed by atoms with E-state index in [1.165, 1.54) is 9.91 Å². The number of amides is 2. The molecular formula is C24H29N3O5. The molecule has 8 heteroatoms. The molecule has 2 aromatic rings. The largest absolute Gasteiger partial charge is 0.497 e. The molecule has 170 valence electrons. The van der Waals surface area contributed by atoms with Crippen LogP contribution in [0.4, 0.5) is 0 Å². The number of hydrazone groups is 1. The minimum atomic E-state index is -0.305. The van der Waals surface area contributed by atoms with Crippen LogP contribution in [0.1, 0.15) is 36.9 Å². The van der Waals surface area contributed by atoms with Gasteiger partial charge in [-0.3, -0.25) is 9.59 Å². The van der Waals surface area contributed by atoms with Crippen LogP contribution in [0.3, 0.4) is 0 Å². The normalized spacial score (nSPS) is 15.2. The lowest BCUT2D eigenvalue weighted by molar-refractivity contribution is -0.140. The van der Waals surface area contributed by atoms with E-state index in [1.807, 2.05) is 36.4 Å². The Bertz CT molecular complexity index is 1000. The molecule has 32 heavy (non-hydrogen) atoms. The zero-order valence-corrected chi connectivity index (χ0v) is 19.1. The third kappa shape index (κ3) is 4.85. The molecule has 0 aromatic heterocycles. The number of nitrogens with zero attached hydrogens (tertiary/aromatic N) is 3. The maximum atomic E-state index is 13.2. The fourth-order valence-corrected chi connectivity index (χ4v) is 3.66. The number of rotatable bonds is 8. The highest BCUT2D eigenvalue weighted by Crippen LogP contribution is 2.36. The number of hydrogen-bond donors (Lipinski definition) is 0. The molecule has 0 saturated heterocycles. The summed E-state index contributed by atoms with van der Waals surface area (Å²) in [6, 6.07) is 12.8. The summed E-state index contributed by atoms with van der Waals surface area (Å²) in [5.74, 6) is 1.67. The van der Waals surface area contributed by atoms with Crippen molar-refractivity contribution in [1.82, 2.24) is 9.91 Å². The van der Waals surface area contributed by atoms with Crippen LogP contribution < -0.4 is 14.2 Å². The zero-order chi connectivity index (χ0) is 23.3. The number of ether oxygens (including phenoxy) is 3. The van der Waals surface area contributed by atoms with E-state index in [9.17, 15) is 9.59 Å². The molecule has 0 N–H and O–H groups in total. The van der Waals surface area contributed by atoms with Gasteiger partial charge < -0.3 is 19.1 Å². The number of likely N-dealkylation sites (N-methyl/N-ethyl adjacent to an activating group) is 1. The second-order valence-corrected chi connectivity index (χ2v) is 7.45. The number of carbonyl (C=O) groups is 2. The van der Waals surface area contributed by atoms with Crippen molar-refractivity contribution in [3.63, 3.8) is 0 Å². The third-order valence-electron chi connectivity index (χ3n) is 5.49. The standard InChI is InChI=1S/C24H29N3O5/c1-6-23(28)26(2)15-24(29)27-21(16-7-9-17(30-3)10-8-16)14-20(25-27)19-12-11-18(31-4)13-22(19)32-5/h7-13,21H,6,14-15H2,1-5H3/t21-/m1/s1. The molecular weight excluding hydrogens is 410 g/mol. The number of benzene rings is 2. The highest BCUT2D eigenvalue weighted by Gasteiger charge is 2.34. The van der Waals surface area contributed by atoms with Gasteiger partial charge in [0.1, 0.15) is 23.8 Å². The van der Waals surface area contributed by atoms with E-state index in [0.29, 0.717) is 24.3 Å². The molecule has 0 unspecified atom stereocenters. The molecule has 3 rings (SSSR count). The fourth-order valence-electron chi connectivity index (χ4n) is 3.66. The molecule has 0 spiro atoms. The molecule has 0 radical (unpaired) electrons. The summed E-state index contributed by atoms with van der Waals surface area (Å²) < 4.78 is 16.1. The first kappa shape index (κ1) is 23.1. The third-order valence-corrected chi connectivity index (χ3v) is 5.49. The first-order valence-electron chi connectivity index (χ1n) is 10.4. The van der Waals surface area contributed by atoms with Crippen LogP contribution in [-0.4, -0.2) is 62.4 Å². The van der Waals surface area contributed by atoms with Gasteiger partial charge in [-0.25, -0.2) is 5.01 Å². The van der Waals surface area contributed by atoms with Crippen molar-refractivity contribution in [2.75, 3.05) is 34.9 Å². The number of carbonyl (C=O) groups excluding carboxylic acids is 2. The predicted octanol–water partition coefficient (Wildman–Crippen LogP) is 3.26. The second kappa shape index (κ2) is 10.2. The smallest absolute Gasteiger partial charge is 0.262 e. The summed E-state index contributed by atoms with van der Waals surface area (Å²) in [5.41, 5.74) is 2.44. The minimum absolute atomic E-state index is 0.0458. The monoisotopic (exact) mass is 439 g/mol. The average Bonchev–Trinajstić information content (AvgIpc) is 3.28. The Morgan fingerprint density at radius 3 is 2.28 bits per heavy atom. The molecule has 0 fully saturated rings. The summed E-state index contributed by atoms with van der Waals surface area (Å²) in [6.45, 7) is 1.72. The molecule has 1 heterocycles. The molecule has 0 aliphatic carbocycles. The lowest BCUT2D eigenvalue weighted by atomic mass is 9.97. The maximum Gasteiger partial charge on any atom is 0.262 e. The summed E-state index contributed by atoms with van der Waals surface area (Å²) in [4.78, 5) is 26.6. The van der Waals surface area contributed by atoms with Gasteiger partial charge in [0.15, 0.2) is 0 Å². The predicted molar refractivity (Wildman–Crippen MR) is 121 cm³/mol. The van der Waals surface area contributed by atoms with E-state index in [-0.39, 0.29) is 24.4 Å². The number of hydrogen-bond acceptors (Lipinski definition) is 6. The second-order valence-electron chi connectivity index (χ2n) is 7.45. The lowest BCUT2D eigenvalue weighted by Crippen LogP contribution is -2.38.